The molecule has 4 heteroatoms. The average molecular weight is 152 g/mol. The Kier molecular flexibility index (Phi) is 1.80. The molecule has 2 N–H and O–H groups in total. The Morgan fingerprint density at radius 3 is 2.00 bits per heavy atom. The molecule has 34 valence electrons. The largest absolute Gasteiger partial charge is 0.476 e. The molecule has 0 aliphatic heterocycles. The summed E-state index contributed by atoms with van der Waals surface area (Å²) < 4.78 is -0.512. The minimum Gasteiger partial charge on any atom is -0.476 e. The Balaban J connectivity index is 3.57. The summed E-state index contributed by atoms with van der Waals surface area (Å²) >= 11 is 2.42. The molecule has 0 amide bonds. The lowest BCUT2D eigenvalue weighted by molar-refractivity contribution is -0.129. The van der Waals surface area contributed by atoms with E-state index in [1.165, 1.54) is 0 Å². The number of carboxylic acids is 1. The van der Waals surface area contributed by atoms with Crippen molar-refractivity contribution in [3.63, 3.8) is 0 Å². The molecule has 6 heavy (non-hydrogen) atoms. The fourth-order valence-electron chi connectivity index (χ4n) is 0. The molecule has 0 bridgehead atoms. The summed E-state index contributed by atoms with van der Waals surface area (Å²) in [5.74, 6) is -1.24. The van der Waals surface area contributed by atoms with Crippen molar-refractivity contribution >= 4 is 26.5 Å². The van der Waals surface area contributed by atoms with Gasteiger partial charge in [-0.15, -0.1) is 0 Å². The standard InChI is InChI=1S/C2H2BrNO2/c3-1(4)2(5)6/h4H,(H,5,6). The molecule has 3 nitrogen and oxygen atoms in total. The van der Waals surface area contributed by atoms with Crippen molar-refractivity contribution in [2.45, 2.75) is 0 Å². The molecule has 0 heterocycles. The molecular formula is C2H2BrNO2. The van der Waals surface area contributed by atoms with Crippen LogP contribution < -0.4 is 0 Å². The van der Waals surface area contributed by atoms with Crippen molar-refractivity contribution in [1.29, 1.82) is 5.41 Å². The molecule has 0 aromatic carbocycles. The van der Waals surface area contributed by atoms with Crippen molar-refractivity contribution in [2.75, 3.05) is 0 Å². The highest BCUT2D eigenvalue weighted by Gasteiger charge is 1.96. The molecule has 0 unspecified atom stereocenters. The maximum Gasteiger partial charge on any atom is 0.361 e. The van der Waals surface area contributed by atoms with Crippen LogP contribution in [0.3, 0.4) is 0 Å². The fraction of sp³-hybridized carbons (Fsp3) is 0. The average Bonchev–Trinajstić information content (AvgIpc) is 1.36. The van der Waals surface area contributed by atoms with E-state index in [9.17, 15) is 4.79 Å². The zero-order valence-electron chi connectivity index (χ0n) is 2.73. The van der Waals surface area contributed by atoms with Gasteiger partial charge < -0.3 is 5.11 Å². The summed E-state index contributed by atoms with van der Waals surface area (Å²) in [6.45, 7) is 0. The van der Waals surface area contributed by atoms with Gasteiger partial charge in [0, 0.05) is 0 Å². The van der Waals surface area contributed by atoms with Gasteiger partial charge >= 0.3 is 5.97 Å². The first-order valence-corrected chi connectivity index (χ1v) is 1.91. The van der Waals surface area contributed by atoms with E-state index in [1.807, 2.05) is 0 Å². The molecule has 0 aromatic rings. The number of hydrogen-bond donors (Lipinski definition) is 2. The van der Waals surface area contributed by atoms with Gasteiger partial charge in [-0.2, -0.15) is 0 Å². The lowest BCUT2D eigenvalue weighted by Gasteiger charge is -1.75. The molecule has 0 fully saturated rings. The maximum absolute atomic E-state index is 9.43. The van der Waals surface area contributed by atoms with Gasteiger partial charge in [0.25, 0.3) is 0 Å². The van der Waals surface area contributed by atoms with Crippen molar-refractivity contribution in [3.05, 3.63) is 0 Å². The van der Waals surface area contributed by atoms with E-state index in [0.717, 1.165) is 0 Å². The summed E-state index contributed by atoms with van der Waals surface area (Å²) in [5, 5.41) is 14.0. The number of aliphatic carboxylic acids is 1. The molecule has 0 rings (SSSR count). The van der Waals surface area contributed by atoms with E-state index in [1.54, 1.807) is 0 Å². The highest BCUT2D eigenvalue weighted by Crippen LogP contribution is 1.80. The Labute approximate surface area is 42.6 Å². The smallest absolute Gasteiger partial charge is 0.361 e. The van der Waals surface area contributed by atoms with Crippen LogP contribution in [0.25, 0.3) is 0 Å². The molecular weight excluding hydrogens is 150 g/mol. The van der Waals surface area contributed by atoms with Crippen LogP contribution in [0.4, 0.5) is 0 Å². The number of carbonyl (C=O) groups is 1. The highest BCUT2D eigenvalue weighted by molar-refractivity contribution is 9.19. The molecule has 0 radical (unpaired) electrons. The summed E-state index contributed by atoms with van der Waals surface area (Å²) in [6, 6.07) is 0. The normalized spacial score (nSPS) is 7.50. The Hall–Kier alpha value is -0.380. The third-order valence-corrected chi connectivity index (χ3v) is 0.527. The second-order valence-corrected chi connectivity index (χ2v) is 1.41. The van der Waals surface area contributed by atoms with Crippen LogP contribution in [-0.4, -0.2) is 15.7 Å². The molecule has 0 saturated carbocycles. The highest BCUT2D eigenvalue weighted by atomic mass is 79.9. The quantitative estimate of drug-likeness (QED) is 0.535. The van der Waals surface area contributed by atoms with Crippen molar-refractivity contribution in [2.24, 2.45) is 0 Å². The van der Waals surface area contributed by atoms with Crippen LogP contribution in [-0.2, 0) is 4.79 Å². The zero-order valence-corrected chi connectivity index (χ0v) is 4.32. The lowest BCUT2D eigenvalue weighted by Crippen LogP contribution is -2.01. The number of nitrogens with one attached hydrogen (secondary N) is 1. The monoisotopic (exact) mass is 151 g/mol. The van der Waals surface area contributed by atoms with Gasteiger partial charge in [-0.05, 0) is 15.9 Å². The van der Waals surface area contributed by atoms with Crippen LogP contribution in [0.2, 0.25) is 0 Å². The SMILES string of the molecule is N=C(Br)C(=O)O. The third-order valence-electron chi connectivity index (χ3n) is 0.188. The Morgan fingerprint density at radius 2 is 2.00 bits per heavy atom. The predicted molar refractivity (Wildman–Crippen MR) is 24.3 cm³/mol. The van der Waals surface area contributed by atoms with Crippen molar-refractivity contribution in [1.82, 2.24) is 0 Å². The topological polar surface area (TPSA) is 61.2 Å². The molecule has 0 spiro atoms. The first-order chi connectivity index (χ1) is 2.64. The number of carboxylic acid groups (broad SMARTS) is 1. The summed E-state index contributed by atoms with van der Waals surface area (Å²) in [4.78, 5) is 9.43. The number of hydrogen-bond acceptors (Lipinski definition) is 2. The number of rotatable bonds is 1. The Morgan fingerprint density at radius 1 is 1.83 bits per heavy atom. The van der Waals surface area contributed by atoms with E-state index in [4.69, 9.17) is 10.5 Å². The van der Waals surface area contributed by atoms with Crippen LogP contribution in [0.1, 0.15) is 0 Å². The molecule has 0 aliphatic carbocycles. The van der Waals surface area contributed by atoms with Gasteiger partial charge in [-0.25, -0.2) is 4.79 Å². The predicted octanol–water partition coefficient (Wildman–Crippen LogP) is 0.443. The van der Waals surface area contributed by atoms with E-state index in [2.05, 4.69) is 15.9 Å². The van der Waals surface area contributed by atoms with Crippen LogP contribution in [0, 0.1) is 5.41 Å². The molecule has 0 saturated heterocycles. The van der Waals surface area contributed by atoms with Crippen LogP contribution in [0.15, 0.2) is 0 Å². The fourth-order valence-corrected chi connectivity index (χ4v) is 0. The van der Waals surface area contributed by atoms with Gasteiger partial charge in [0.2, 0.25) is 0 Å². The van der Waals surface area contributed by atoms with Gasteiger partial charge in [-0.3, -0.25) is 5.41 Å². The second-order valence-electron chi connectivity index (χ2n) is 0.619. The first-order valence-electron chi connectivity index (χ1n) is 1.12. The molecule has 0 aromatic heterocycles. The van der Waals surface area contributed by atoms with Crippen molar-refractivity contribution < 1.29 is 9.90 Å². The molecule has 0 aliphatic rings. The summed E-state index contributed by atoms with van der Waals surface area (Å²) in [6.07, 6.45) is 0. The van der Waals surface area contributed by atoms with Crippen molar-refractivity contribution in [3.8, 4) is 0 Å². The summed E-state index contributed by atoms with van der Waals surface area (Å²) in [7, 11) is 0. The minimum absolute atomic E-state index is 0.512. The third kappa shape index (κ3) is 1.90. The maximum atomic E-state index is 9.43. The van der Waals surface area contributed by atoms with Gasteiger partial charge in [0.15, 0.2) is 4.62 Å². The minimum atomic E-state index is -1.24. The van der Waals surface area contributed by atoms with E-state index >= 15 is 0 Å². The lowest BCUT2D eigenvalue weighted by atomic mass is 10.8. The van der Waals surface area contributed by atoms with Crippen LogP contribution in [0.5, 0.6) is 0 Å². The van der Waals surface area contributed by atoms with E-state index in [0.29, 0.717) is 0 Å². The zero-order chi connectivity index (χ0) is 5.15. The van der Waals surface area contributed by atoms with E-state index < -0.39 is 10.6 Å². The summed E-state index contributed by atoms with van der Waals surface area (Å²) in [5.41, 5.74) is 0. The van der Waals surface area contributed by atoms with Crippen LogP contribution >= 0.6 is 15.9 Å². The van der Waals surface area contributed by atoms with Gasteiger partial charge in [0.1, 0.15) is 0 Å². The van der Waals surface area contributed by atoms with Gasteiger partial charge in [0.05, 0.1) is 0 Å². The molecule has 0 atom stereocenters. The van der Waals surface area contributed by atoms with Gasteiger partial charge in [-0.1, -0.05) is 0 Å². The Bertz CT molecular complexity index is 77.5. The first kappa shape index (κ1) is 5.62. The number of halogens is 1. The second kappa shape index (κ2) is 1.92. The van der Waals surface area contributed by atoms with E-state index in [-0.39, 0.29) is 0 Å².